The first-order valence-corrected chi connectivity index (χ1v) is 6.94. The maximum absolute atomic E-state index is 13.1. The summed E-state index contributed by atoms with van der Waals surface area (Å²) in [6.45, 7) is 0.493. The summed E-state index contributed by atoms with van der Waals surface area (Å²) in [6, 6.07) is 3.71. The van der Waals surface area contributed by atoms with E-state index in [-0.39, 0.29) is 23.1 Å². The third-order valence-electron chi connectivity index (χ3n) is 3.08. The number of carbonyl (C=O) groups excluding carboxylic acids is 2. The highest BCUT2D eigenvalue weighted by Gasteiger charge is 2.10. The number of carbonyl (C=O) groups is 2. The number of benzene rings is 1. The third kappa shape index (κ3) is 6.25. The molecule has 0 aromatic heterocycles. The molecule has 1 aromatic carbocycles. The van der Waals surface area contributed by atoms with Gasteiger partial charge in [-0.3, -0.25) is 9.59 Å². The van der Waals surface area contributed by atoms with E-state index in [1.54, 1.807) is 0 Å². The van der Waals surface area contributed by atoms with E-state index in [1.807, 2.05) is 0 Å². The van der Waals surface area contributed by atoms with Gasteiger partial charge in [0.15, 0.2) is 0 Å². The summed E-state index contributed by atoms with van der Waals surface area (Å²) in [4.78, 5) is 22.7. The van der Waals surface area contributed by atoms with Crippen molar-refractivity contribution in [1.29, 1.82) is 0 Å². The molecule has 0 saturated carbocycles. The van der Waals surface area contributed by atoms with Crippen LogP contribution in [0.15, 0.2) is 18.2 Å². The minimum absolute atomic E-state index is 0.153. The predicted octanol–water partition coefficient (Wildman–Crippen LogP) is 2.26. The minimum Gasteiger partial charge on any atom is -0.469 e. The van der Waals surface area contributed by atoms with Crippen molar-refractivity contribution in [3.05, 3.63) is 29.6 Å². The number of halogens is 1. The van der Waals surface area contributed by atoms with Crippen molar-refractivity contribution in [1.82, 2.24) is 5.32 Å². The number of nitrogens with one attached hydrogen (secondary N) is 1. The Morgan fingerprint density at radius 1 is 1.24 bits per heavy atom. The van der Waals surface area contributed by atoms with Gasteiger partial charge >= 0.3 is 5.97 Å². The Morgan fingerprint density at radius 2 is 1.95 bits per heavy atom. The van der Waals surface area contributed by atoms with Crippen LogP contribution in [0.1, 0.15) is 42.5 Å². The van der Waals surface area contributed by atoms with Gasteiger partial charge in [-0.25, -0.2) is 4.39 Å². The molecule has 0 aliphatic carbocycles. The average molecular weight is 296 g/mol. The molecule has 1 rings (SSSR count). The third-order valence-corrected chi connectivity index (χ3v) is 3.08. The van der Waals surface area contributed by atoms with Crippen LogP contribution in [0.4, 0.5) is 10.1 Å². The van der Waals surface area contributed by atoms with Gasteiger partial charge in [0.1, 0.15) is 5.82 Å². The van der Waals surface area contributed by atoms with Crippen molar-refractivity contribution in [2.45, 2.75) is 32.1 Å². The van der Waals surface area contributed by atoms with Gasteiger partial charge in [-0.15, -0.1) is 0 Å². The van der Waals surface area contributed by atoms with Gasteiger partial charge in [0.25, 0.3) is 5.91 Å². The molecule has 1 aromatic rings. The quantitative estimate of drug-likeness (QED) is 0.438. The van der Waals surface area contributed by atoms with Gasteiger partial charge in [-0.05, 0) is 31.0 Å². The molecule has 0 radical (unpaired) electrons. The summed E-state index contributed by atoms with van der Waals surface area (Å²) in [5.74, 6) is -1.07. The predicted molar refractivity (Wildman–Crippen MR) is 78.2 cm³/mol. The van der Waals surface area contributed by atoms with Crippen molar-refractivity contribution in [3.63, 3.8) is 0 Å². The molecule has 0 heterocycles. The molecular weight excluding hydrogens is 275 g/mol. The highest BCUT2D eigenvalue weighted by Crippen LogP contribution is 2.13. The molecule has 0 spiro atoms. The van der Waals surface area contributed by atoms with Gasteiger partial charge in [-0.2, -0.15) is 0 Å². The van der Waals surface area contributed by atoms with Crippen LogP contribution in [0, 0.1) is 5.82 Å². The molecule has 0 atom stereocenters. The highest BCUT2D eigenvalue weighted by atomic mass is 19.1. The van der Waals surface area contributed by atoms with Crippen LogP contribution in [-0.4, -0.2) is 25.5 Å². The number of anilines is 1. The molecule has 0 fully saturated rings. The number of unbranched alkanes of at least 4 members (excludes halogenated alkanes) is 3. The molecular formula is C15H21FN2O3. The highest BCUT2D eigenvalue weighted by molar-refractivity contribution is 5.99. The first kappa shape index (κ1) is 16.9. The largest absolute Gasteiger partial charge is 0.469 e. The lowest BCUT2D eigenvalue weighted by atomic mass is 10.1. The molecule has 3 N–H and O–H groups in total. The van der Waals surface area contributed by atoms with Crippen LogP contribution in [0.3, 0.4) is 0 Å². The molecule has 0 unspecified atom stereocenters. The summed E-state index contributed by atoms with van der Waals surface area (Å²) in [5.41, 5.74) is 6.04. The Labute approximate surface area is 123 Å². The first-order chi connectivity index (χ1) is 10.0. The maximum Gasteiger partial charge on any atom is 0.305 e. The minimum atomic E-state index is -0.489. The number of amides is 1. The second-order valence-electron chi connectivity index (χ2n) is 4.73. The lowest BCUT2D eigenvalue weighted by molar-refractivity contribution is -0.140. The molecule has 0 aliphatic rings. The van der Waals surface area contributed by atoms with Gasteiger partial charge in [-0.1, -0.05) is 12.8 Å². The first-order valence-electron chi connectivity index (χ1n) is 6.94. The van der Waals surface area contributed by atoms with Gasteiger partial charge in [0.2, 0.25) is 0 Å². The van der Waals surface area contributed by atoms with E-state index in [9.17, 15) is 14.0 Å². The van der Waals surface area contributed by atoms with Crippen molar-refractivity contribution in [2.75, 3.05) is 19.4 Å². The van der Waals surface area contributed by atoms with Crippen LogP contribution < -0.4 is 11.1 Å². The monoisotopic (exact) mass is 296 g/mol. The van der Waals surface area contributed by atoms with Gasteiger partial charge < -0.3 is 15.8 Å². The number of nitrogens with two attached hydrogens (primary N) is 1. The number of esters is 1. The zero-order valence-electron chi connectivity index (χ0n) is 12.2. The van der Waals surface area contributed by atoms with Crippen LogP contribution in [0.5, 0.6) is 0 Å². The van der Waals surface area contributed by atoms with Gasteiger partial charge in [0.05, 0.1) is 12.7 Å². The van der Waals surface area contributed by atoms with E-state index in [4.69, 9.17) is 5.73 Å². The molecule has 5 nitrogen and oxygen atoms in total. The Balaban J connectivity index is 2.19. The molecule has 116 valence electrons. The second kappa shape index (κ2) is 8.94. The number of hydrogen-bond acceptors (Lipinski definition) is 4. The van der Waals surface area contributed by atoms with E-state index in [2.05, 4.69) is 10.1 Å². The van der Waals surface area contributed by atoms with Crippen molar-refractivity contribution >= 4 is 17.6 Å². The Kier molecular flexibility index (Phi) is 7.21. The van der Waals surface area contributed by atoms with Crippen LogP contribution >= 0.6 is 0 Å². The number of hydrogen-bond donors (Lipinski definition) is 2. The molecule has 6 heteroatoms. The standard InChI is InChI=1S/C15H21FN2O3/c1-21-14(19)6-4-2-3-5-9-18-15(20)12-10-11(16)7-8-13(12)17/h7-8,10H,2-6,9,17H2,1H3,(H,18,20). The SMILES string of the molecule is COC(=O)CCCCCCNC(=O)c1cc(F)ccc1N. The summed E-state index contributed by atoms with van der Waals surface area (Å²) in [5, 5.41) is 2.70. The van der Waals surface area contributed by atoms with Crippen molar-refractivity contribution < 1.29 is 18.7 Å². The Hall–Kier alpha value is -2.11. The Bertz CT molecular complexity index is 492. The fraction of sp³-hybridized carbons (Fsp3) is 0.467. The molecule has 0 bridgehead atoms. The maximum atomic E-state index is 13.1. The topological polar surface area (TPSA) is 81.4 Å². The fourth-order valence-electron chi connectivity index (χ4n) is 1.87. The normalized spacial score (nSPS) is 10.2. The summed E-state index contributed by atoms with van der Waals surface area (Å²) in [7, 11) is 1.37. The molecule has 0 aliphatic heterocycles. The zero-order chi connectivity index (χ0) is 15.7. The van der Waals surface area contributed by atoms with E-state index >= 15 is 0 Å². The fourth-order valence-corrected chi connectivity index (χ4v) is 1.87. The zero-order valence-corrected chi connectivity index (χ0v) is 12.2. The van der Waals surface area contributed by atoms with E-state index in [0.29, 0.717) is 13.0 Å². The van der Waals surface area contributed by atoms with E-state index in [1.165, 1.54) is 19.2 Å². The summed E-state index contributed by atoms with van der Waals surface area (Å²) >= 11 is 0. The van der Waals surface area contributed by atoms with Crippen LogP contribution in [0.2, 0.25) is 0 Å². The Morgan fingerprint density at radius 3 is 2.67 bits per heavy atom. The second-order valence-corrected chi connectivity index (χ2v) is 4.73. The van der Waals surface area contributed by atoms with E-state index in [0.717, 1.165) is 31.7 Å². The van der Waals surface area contributed by atoms with Gasteiger partial charge in [0, 0.05) is 18.7 Å². The number of nitrogen functional groups attached to an aromatic ring is 1. The van der Waals surface area contributed by atoms with Crippen molar-refractivity contribution in [2.24, 2.45) is 0 Å². The van der Waals surface area contributed by atoms with Crippen LogP contribution in [-0.2, 0) is 9.53 Å². The van der Waals surface area contributed by atoms with Crippen LogP contribution in [0.25, 0.3) is 0 Å². The van der Waals surface area contributed by atoms with E-state index < -0.39 is 5.82 Å². The molecule has 1 amide bonds. The van der Waals surface area contributed by atoms with Crippen molar-refractivity contribution in [3.8, 4) is 0 Å². The molecule has 21 heavy (non-hydrogen) atoms. The lowest BCUT2D eigenvalue weighted by Gasteiger charge is -2.07. The number of methoxy groups -OCH3 is 1. The number of ether oxygens (including phenoxy) is 1. The average Bonchev–Trinajstić information content (AvgIpc) is 2.48. The summed E-state index contributed by atoms with van der Waals surface area (Å²) in [6.07, 6.45) is 3.78. The molecule has 0 saturated heterocycles. The lowest BCUT2D eigenvalue weighted by Crippen LogP contribution is -2.25. The smallest absolute Gasteiger partial charge is 0.305 e. The summed E-state index contributed by atoms with van der Waals surface area (Å²) < 4.78 is 17.6. The number of rotatable bonds is 8.